The third kappa shape index (κ3) is 6.64. The van der Waals surface area contributed by atoms with Crippen molar-refractivity contribution in [3.8, 4) is 22.4 Å². The number of fused-ring (bicyclic) bond motifs is 3. The molecule has 2 aromatic heterocycles. The van der Waals surface area contributed by atoms with Gasteiger partial charge in [-0.2, -0.15) is 0 Å². The molecule has 0 fully saturated rings. The Hall–Kier alpha value is -4.05. The van der Waals surface area contributed by atoms with Gasteiger partial charge in [-0.25, -0.2) is 0 Å². The van der Waals surface area contributed by atoms with Crippen LogP contribution < -0.4 is 0 Å². The van der Waals surface area contributed by atoms with E-state index in [0.29, 0.717) is 0 Å². The molecule has 1 aliphatic carbocycles. The maximum absolute atomic E-state index is 11.7. The zero-order chi connectivity index (χ0) is 34.2. The Labute approximate surface area is 304 Å². The minimum Gasteiger partial charge on any atom is -0.512 e. The van der Waals surface area contributed by atoms with Crippen LogP contribution in [0.15, 0.2) is 95.2 Å². The number of benzene rings is 4. The van der Waals surface area contributed by atoms with Gasteiger partial charge in [-0.3, -0.25) is 9.78 Å². The maximum atomic E-state index is 11.7. The number of aromatic nitrogens is 1. The second-order valence-corrected chi connectivity index (χ2v) is 13.6. The van der Waals surface area contributed by atoms with Crippen molar-refractivity contribution in [2.24, 2.45) is 11.8 Å². The van der Waals surface area contributed by atoms with E-state index in [9.17, 15) is 9.90 Å². The first kappa shape index (κ1) is 36.2. The molecule has 255 valence electrons. The van der Waals surface area contributed by atoms with Crippen molar-refractivity contribution in [2.75, 3.05) is 0 Å². The van der Waals surface area contributed by atoms with E-state index in [0.717, 1.165) is 70.0 Å². The van der Waals surface area contributed by atoms with Gasteiger partial charge in [0.2, 0.25) is 0 Å². The zero-order valence-corrected chi connectivity index (χ0v) is 32.0. The SMILES string of the molecule is CCC(CC)C(=O)/C=C(\O)C(CC)CC.Cc1ccc2[c-]c3c(cc2c1)C(C)(C)c1ccc(-c2ccccc2)c2oc4ccnc-3c4c12.[Ir]. The molecule has 1 N–H and O–H groups in total. The second kappa shape index (κ2) is 14.8. The third-order valence-electron chi connectivity index (χ3n) is 10.3. The molecule has 0 aliphatic heterocycles. The largest absolute Gasteiger partial charge is 0.512 e. The fourth-order valence-corrected chi connectivity index (χ4v) is 7.32. The van der Waals surface area contributed by atoms with Crippen LogP contribution in [0.1, 0.15) is 83.9 Å². The van der Waals surface area contributed by atoms with Crippen LogP contribution in [0.4, 0.5) is 0 Å². The number of hydrogen-bond donors (Lipinski definition) is 1. The van der Waals surface area contributed by atoms with Gasteiger partial charge in [-0.05, 0) is 55.2 Å². The van der Waals surface area contributed by atoms with Crippen LogP contribution in [0.3, 0.4) is 0 Å². The number of pyridine rings is 1. The Kier molecular flexibility index (Phi) is 11.0. The Bertz CT molecular complexity index is 2150. The zero-order valence-electron chi connectivity index (χ0n) is 29.6. The molecule has 0 amide bonds. The molecule has 0 atom stereocenters. The van der Waals surface area contributed by atoms with Crippen molar-refractivity contribution >= 4 is 38.5 Å². The molecule has 0 unspecified atom stereocenters. The number of furan rings is 1. The minimum atomic E-state index is -0.241. The molecule has 49 heavy (non-hydrogen) atoms. The smallest absolute Gasteiger partial charge is 0.162 e. The predicted octanol–water partition coefficient (Wildman–Crippen LogP) is 12.1. The first-order chi connectivity index (χ1) is 23.1. The van der Waals surface area contributed by atoms with Crippen LogP contribution >= 0.6 is 0 Å². The number of rotatable bonds is 8. The molecule has 2 heterocycles. The fraction of sp³-hybridized carbons (Fsp3) is 0.318. The number of hydrogen-bond acceptors (Lipinski definition) is 4. The van der Waals surface area contributed by atoms with Crippen molar-refractivity contribution in [2.45, 2.75) is 79.6 Å². The van der Waals surface area contributed by atoms with Gasteiger partial charge >= 0.3 is 0 Å². The Morgan fingerprint density at radius 1 is 0.878 bits per heavy atom. The average molecular weight is 829 g/mol. The van der Waals surface area contributed by atoms with Crippen molar-refractivity contribution in [1.29, 1.82) is 0 Å². The Balaban J connectivity index is 0.000000252. The summed E-state index contributed by atoms with van der Waals surface area (Å²) in [5.41, 5.74) is 9.65. The van der Waals surface area contributed by atoms with Gasteiger partial charge in [0.05, 0.1) is 5.76 Å². The number of carbonyl (C=O) groups is 1. The normalized spacial score (nSPS) is 13.4. The molecule has 4 aromatic carbocycles. The molecule has 5 heteroatoms. The molecule has 1 radical (unpaired) electrons. The standard InChI is InChI=1S/C31H22NO.C13H24O2.Ir/c1-18-9-10-20-16-23-25(17-21(20)15-18)31(2,3)24-12-11-22(19-7-5-4-6-8-19)30-27(24)28-26(33-30)13-14-32-29(23)28;1-5-10(6-2)12(14)9-13(15)11(7-3)8-4;/h4-15,17H,1-3H3;9-11,14H,5-8H2,1-4H3;/q-1;;/b;12-9-;. The number of aliphatic hydroxyl groups excluding tert-OH is 1. The number of carbonyl (C=O) groups excluding carboxylic acids is 1. The quantitative estimate of drug-likeness (QED) is 0.0943. The number of aliphatic hydroxyl groups is 1. The van der Waals surface area contributed by atoms with Crippen molar-refractivity contribution in [3.63, 3.8) is 0 Å². The van der Waals surface area contributed by atoms with Crippen LogP contribution in [0.5, 0.6) is 0 Å². The second-order valence-electron chi connectivity index (χ2n) is 13.6. The van der Waals surface area contributed by atoms with Gasteiger partial charge in [0.1, 0.15) is 11.2 Å². The Morgan fingerprint density at radius 3 is 2.24 bits per heavy atom. The average Bonchev–Trinajstić information content (AvgIpc) is 3.45. The third-order valence-corrected chi connectivity index (χ3v) is 10.3. The summed E-state index contributed by atoms with van der Waals surface area (Å²) in [6.07, 6.45) is 6.76. The summed E-state index contributed by atoms with van der Waals surface area (Å²) in [5, 5.41) is 14.4. The summed E-state index contributed by atoms with van der Waals surface area (Å²) in [6.45, 7) is 14.8. The van der Waals surface area contributed by atoms with E-state index in [2.05, 4.69) is 87.5 Å². The van der Waals surface area contributed by atoms with Crippen molar-refractivity contribution < 1.29 is 34.4 Å². The molecule has 0 spiro atoms. The van der Waals surface area contributed by atoms with E-state index >= 15 is 0 Å². The molecule has 0 saturated carbocycles. The molecular formula is C44H46IrNO3-. The van der Waals surface area contributed by atoms with E-state index in [1.807, 2.05) is 46.0 Å². The van der Waals surface area contributed by atoms with Crippen LogP contribution in [0, 0.1) is 24.8 Å². The summed E-state index contributed by atoms with van der Waals surface area (Å²) in [6, 6.07) is 29.6. The van der Waals surface area contributed by atoms with Crippen LogP contribution in [0.2, 0.25) is 0 Å². The molecule has 6 aromatic rings. The number of ketones is 1. The van der Waals surface area contributed by atoms with Gasteiger partial charge in [0, 0.05) is 66.2 Å². The van der Waals surface area contributed by atoms with Gasteiger partial charge in [0.25, 0.3) is 0 Å². The molecule has 4 nitrogen and oxygen atoms in total. The Morgan fingerprint density at radius 2 is 1.57 bits per heavy atom. The summed E-state index contributed by atoms with van der Waals surface area (Å²) in [5.74, 6) is 0.547. The van der Waals surface area contributed by atoms with Gasteiger partial charge < -0.3 is 9.52 Å². The van der Waals surface area contributed by atoms with Crippen molar-refractivity contribution in [3.05, 3.63) is 114 Å². The number of nitrogens with zero attached hydrogens (tertiary/aromatic N) is 1. The van der Waals surface area contributed by atoms with E-state index in [-0.39, 0.29) is 48.9 Å². The first-order valence-electron chi connectivity index (χ1n) is 17.4. The predicted molar refractivity (Wildman–Crippen MR) is 199 cm³/mol. The summed E-state index contributed by atoms with van der Waals surface area (Å²) in [4.78, 5) is 16.6. The van der Waals surface area contributed by atoms with Crippen molar-refractivity contribution in [1.82, 2.24) is 4.98 Å². The summed E-state index contributed by atoms with van der Waals surface area (Å²) >= 11 is 0. The molecule has 0 bridgehead atoms. The molecule has 7 rings (SSSR count). The maximum Gasteiger partial charge on any atom is 0.162 e. The van der Waals surface area contributed by atoms with Gasteiger partial charge in [-0.15, -0.1) is 23.6 Å². The van der Waals surface area contributed by atoms with Gasteiger partial charge in [-0.1, -0.05) is 118 Å². The summed E-state index contributed by atoms with van der Waals surface area (Å²) < 4.78 is 6.55. The number of aryl methyl sites for hydroxylation is 1. The first-order valence-corrected chi connectivity index (χ1v) is 17.4. The topological polar surface area (TPSA) is 63.3 Å². The fourth-order valence-electron chi connectivity index (χ4n) is 7.32. The van der Waals surface area contributed by atoms with E-state index in [1.54, 1.807) is 0 Å². The minimum absolute atomic E-state index is 0. The molecule has 1 aliphatic rings. The van der Waals surface area contributed by atoms with Gasteiger partial charge in [0.15, 0.2) is 5.78 Å². The molecular weight excluding hydrogens is 783 g/mol. The number of allylic oxidation sites excluding steroid dienone is 2. The van der Waals surface area contributed by atoms with Crippen LogP contribution in [0.25, 0.3) is 55.1 Å². The monoisotopic (exact) mass is 829 g/mol. The van der Waals surface area contributed by atoms with E-state index < -0.39 is 0 Å². The van der Waals surface area contributed by atoms with Crippen LogP contribution in [-0.4, -0.2) is 15.9 Å². The van der Waals surface area contributed by atoms with Crippen LogP contribution in [-0.2, 0) is 30.3 Å². The van der Waals surface area contributed by atoms with E-state index in [4.69, 9.17) is 9.40 Å². The summed E-state index contributed by atoms with van der Waals surface area (Å²) in [7, 11) is 0. The molecule has 0 saturated heterocycles. The van der Waals surface area contributed by atoms with E-state index in [1.165, 1.54) is 33.5 Å².